The Kier molecular flexibility index (Phi) is 7.71. The van der Waals surface area contributed by atoms with E-state index in [1.807, 2.05) is 30.8 Å². The van der Waals surface area contributed by atoms with E-state index in [0.717, 1.165) is 25.4 Å². The first-order valence-corrected chi connectivity index (χ1v) is 9.14. The Morgan fingerprint density at radius 3 is 2.91 bits per heavy atom. The van der Waals surface area contributed by atoms with Crippen LogP contribution in [-0.4, -0.2) is 61.8 Å². The number of amides is 1. The molecule has 1 aromatic rings. The van der Waals surface area contributed by atoms with Crippen LogP contribution in [0.2, 0.25) is 0 Å². The van der Waals surface area contributed by atoms with Crippen molar-refractivity contribution in [2.45, 2.75) is 19.6 Å². The van der Waals surface area contributed by atoms with Gasteiger partial charge in [0.1, 0.15) is 18.5 Å². The van der Waals surface area contributed by atoms with E-state index in [2.05, 4.69) is 22.3 Å². The molecule has 1 aliphatic rings. The summed E-state index contributed by atoms with van der Waals surface area (Å²) in [5.41, 5.74) is 1.27. The first-order chi connectivity index (χ1) is 11.2. The minimum atomic E-state index is -0.125. The lowest BCUT2D eigenvalue weighted by atomic mass is 10.2. The van der Waals surface area contributed by atoms with Crippen molar-refractivity contribution in [1.82, 2.24) is 10.2 Å². The molecule has 2 rings (SSSR count). The van der Waals surface area contributed by atoms with Gasteiger partial charge < -0.3 is 14.8 Å². The van der Waals surface area contributed by atoms with Gasteiger partial charge in [-0.25, -0.2) is 0 Å². The van der Waals surface area contributed by atoms with Gasteiger partial charge in [0.15, 0.2) is 0 Å². The zero-order valence-electron chi connectivity index (χ0n) is 13.9. The summed E-state index contributed by atoms with van der Waals surface area (Å²) in [5, 5.41) is 2.78. The van der Waals surface area contributed by atoms with Gasteiger partial charge in [-0.05, 0) is 24.6 Å². The zero-order chi connectivity index (χ0) is 16.5. The first kappa shape index (κ1) is 18.1. The fourth-order valence-electron chi connectivity index (χ4n) is 2.45. The second-order valence-electron chi connectivity index (χ2n) is 5.70. The van der Waals surface area contributed by atoms with Gasteiger partial charge in [0, 0.05) is 38.2 Å². The Morgan fingerprint density at radius 2 is 2.17 bits per heavy atom. The number of thioether (sulfide) groups is 1. The highest BCUT2D eigenvalue weighted by Crippen LogP contribution is 2.18. The average Bonchev–Trinajstić information content (AvgIpc) is 2.55. The van der Waals surface area contributed by atoms with Crippen LogP contribution in [0.15, 0.2) is 24.3 Å². The van der Waals surface area contributed by atoms with E-state index >= 15 is 0 Å². The fraction of sp³-hybridized carbons (Fsp3) is 0.588. The summed E-state index contributed by atoms with van der Waals surface area (Å²) in [6, 6.07) is 8.22. The summed E-state index contributed by atoms with van der Waals surface area (Å²) in [6.45, 7) is 5.76. The molecule has 0 bridgehead atoms. The number of hydrogen-bond donors (Lipinski definition) is 1. The summed E-state index contributed by atoms with van der Waals surface area (Å²) >= 11 is 2.02. The number of carbonyl (C=O) groups excluding carboxylic acids is 1. The Labute approximate surface area is 142 Å². The zero-order valence-corrected chi connectivity index (χ0v) is 14.7. The number of methoxy groups -OCH3 is 1. The predicted octanol–water partition coefficient (Wildman–Crippen LogP) is 1.77. The van der Waals surface area contributed by atoms with Crippen molar-refractivity contribution < 1.29 is 14.3 Å². The third kappa shape index (κ3) is 6.81. The number of carbonyl (C=O) groups is 1. The molecule has 1 aliphatic heterocycles. The summed E-state index contributed by atoms with van der Waals surface area (Å²) in [5.74, 6) is 3.16. The van der Waals surface area contributed by atoms with E-state index in [1.165, 1.54) is 24.2 Å². The summed E-state index contributed by atoms with van der Waals surface area (Å²) in [6.07, 6.45) is -0.0857. The van der Waals surface area contributed by atoms with E-state index in [0.29, 0.717) is 6.54 Å². The maximum absolute atomic E-state index is 11.4. The van der Waals surface area contributed by atoms with Gasteiger partial charge in [0.05, 0.1) is 6.54 Å². The number of benzene rings is 1. The van der Waals surface area contributed by atoms with Crippen molar-refractivity contribution in [2.75, 3.05) is 44.9 Å². The van der Waals surface area contributed by atoms with Gasteiger partial charge in [-0.15, -0.1) is 0 Å². The lowest BCUT2D eigenvalue weighted by Gasteiger charge is -2.26. The second kappa shape index (κ2) is 9.80. The van der Waals surface area contributed by atoms with Crippen LogP contribution in [0.25, 0.3) is 0 Å². The molecule has 1 atom stereocenters. The number of nitrogens with zero attached hydrogens (tertiary/aromatic N) is 1. The van der Waals surface area contributed by atoms with Crippen LogP contribution >= 0.6 is 11.8 Å². The number of nitrogens with one attached hydrogen (secondary N) is 1. The minimum absolute atomic E-state index is 0.0797. The van der Waals surface area contributed by atoms with E-state index in [1.54, 1.807) is 0 Å². The van der Waals surface area contributed by atoms with Gasteiger partial charge in [-0.3, -0.25) is 9.69 Å². The van der Waals surface area contributed by atoms with E-state index in [9.17, 15) is 4.79 Å². The van der Waals surface area contributed by atoms with Crippen molar-refractivity contribution in [2.24, 2.45) is 0 Å². The molecule has 0 spiro atoms. The molecule has 0 saturated carbocycles. The standard InChI is InChI=1S/C17H26N2O3S/c1-14(11-18-17(20)13-21-2)22-16-5-3-4-15(10-16)12-19-6-8-23-9-7-19/h3-5,10,14H,6-9,11-13H2,1-2H3,(H,18,20)/t14-/m1/s1. The Bertz CT molecular complexity index is 492. The van der Waals surface area contributed by atoms with Crippen molar-refractivity contribution in [3.8, 4) is 5.75 Å². The largest absolute Gasteiger partial charge is 0.489 e. The molecule has 1 aromatic carbocycles. The van der Waals surface area contributed by atoms with Crippen molar-refractivity contribution in [1.29, 1.82) is 0 Å². The monoisotopic (exact) mass is 338 g/mol. The molecule has 0 aromatic heterocycles. The molecular formula is C17H26N2O3S. The van der Waals surface area contributed by atoms with Gasteiger partial charge in [0.25, 0.3) is 0 Å². The van der Waals surface area contributed by atoms with Crippen molar-refractivity contribution >= 4 is 17.7 Å². The Morgan fingerprint density at radius 1 is 1.39 bits per heavy atom. The Hall–Kier alpha value is -1.24. The van der Waals surface area contributed by atoms with Crippen LogP contribution in [0.5, 0.6) is 5.75 Å². The third-order valence-corrected chi connectivity index (χ3v) is 4.55. The second-order valence-corrected chi connectivity index (χ2v) is 6.93. The molecule has 128 valence electrons. The fourth-order valence-corrected chi connectivity index (χ4v) is 3.43. The van der Waals surface area contributed by atoms with Gasteiger partial charge >= 0.3 is 0 Å². The highest BCUT2D eigenvalue weighted by molar-refractivity contribution is 7.99. The van der Waals surface area contributed by atoms with Gasteiger partial charge in [0.2, 0.25) is 5.91 Å². The summed E-state index contributed by atoms with van der Waals surface area (Å²) < 4.78 is 10.7. The van der Waals surface area contributed by atoms with Crippen LogP contribution in [0.3, 0.4) is 0 Å². The Balaban J connectivity index is 1.80. The molecule has 23 heavy (non-hydrogen) atoms. The SMILES string of the molecule is COCC(=O)NC[C@@H](C)Oc1cccc(CN2CCSCC2)c1. The number of ether oxygens (including phenoxy) is 2. The van der Waals surface area contributed by atoms with Gasteiger partial charge in [-0.2, -0.15) is 11.8 Å². The molecule has 1 heterocycles. The molecule has 5 nitrogen and oxygen atoms in total. The van der Waals surface area contributed by atoms with Crippen LogP contribution < -0.4 is 10.1 Å². The normalized spacial score (nSPS) is 16.8. The minimum Gasteiger partial charge on any atom is -0.489 e. The van der Waals surface area contributed by atoms with E-state index in [-0.39, 0.29) is 18.6 Å². The predicted molar refractivity (Wildman–Crippen MR) is 94.0 cm³/mol. The molecule has 0 unspecified atom stereocenters. The van der Waals surface area contributed by atoms with Crippen LogP contribution in [-0.2, 0) is 16.1 Å². The quantitative estimate of drug-likeness (QED) is 0.783. The molecule has 0 aliphatic carbocycles. The van der Waals surface area contributed by atoms with Crippen LogP contribution in [0, 0.1) is 0 Å². The van der Waals surface area contributed by atoms with Crippen LogP contribution in [0.4, 0.5) is 0 Å². The van der Waals surface area contributed by atoms with E-state index in [4.69, 9.17) is 9.47 Å². The smallest absolute Gasteiger partial charge is 0.246 e. The maximum Gasteiger partial charge on any atom is 0.246 e. The molecule has 1 N–H and O–H groups in total. The van der Waals surface area contributed by atoms with Gasteiger partial charge in [-0.1, -0.05) is 12.1 Å². The molecule has 1 amide bonds. The molecule has 6 heteroatoms. The first-order valence-electron chi connectivity index (χ1n) is 7.98. The number of hydrogen-bond acceptors (Lipinski definition) is 5. The third-order valence-electron chi connectivity index (χ3n) is 3.61. The average molecular weight is 338 g/mol. The van der Waals surface area contributed by atoms with Crippen LogP contribution in [0.1, 0.15) is 12.5 Å². The molecular weight excluding hydrogens is 312 g/mol. The molecule has 1 saturated heterocycles. The highest BCUT2D eigenvalue weighted by Gasteiger charge is 2.12. The topological polar surface area (TPSA) is 50.8 Å². The number of rotatable bonds is 8. The molecule has 0 radical (unpaired) electrons. The summed E-state index contributed by atoms with van der Waals surface area (Å²) in [4.78, 5) is 13.9. The van der Waals surface area contributed by atoms with E-state index < -0.39 is 0 Å². The highest BCUT2D eigenvalue weighted by atomic mass is 32.2. The van der Waals surface area contributed by atoms with Crippen molar-refractivity contribution in [3.63, 3.8) is 0 Å². The maximum atomic E-state index is 11.4. The molecule has 1 fully saturated rings. The lowest BCUT2D eigenvalue weighted by molar-refractivity contribution is -0.125. The van der Waals surface area contributed by atoms with Crippen molar-refractivity contribution in [3.05, 3.63) is 29.8 Å². The lowest BCUT2D eigenvalue weighted by Crippen LogP contribution is -2.35. The summed E-state index contributed by atoms with van der Waals surface area (Å²) in [7, 11) is 1.51.